The van der Waals surface area contributed by atoms with Crippen LogP contribution >= 0.6 is 24.4 Å². The molecule has 0 saturated carbocycles. The van der Waals surface area contributed by atoms with Gasteiger partial charge in [-0.2, -0.15) is 0 Å². The Kier molecular flexibility index (Phi) is 9.35. The number of rotatable bonds is 5. The zero-order valence-corrected chi connectivity index (χ0v) is 14.2. The van der Waals surface area contributed by atoms with E-state index in [1.54, 1.807) is 25.1 Å². The predicted molar refractivity (Wildman–Crippen MR) is 93.7 cm³/mol. The van der Waals surface area contributed by atoms with Gasteiger partial charge < -0.3 is 20.5 Å². The van der Waals surface area contributed by atoms with E-state index < -0.39 is 10.1 Å². The number of nitro groups is 1. The summed E-state index contributed by atoms with van der Waals surface area (Å²) in [5, 5.41) is 18.1. The monoisotopic (exact) mass is 359 g/mol. The van der Waals surface area contributed by atoms with Crippen molar-refractivity contribution >= 4 is 46.3 Å². The topological polar surface area (TPSA) is 119 Å². The summed E-state index contributed by atoms with van der Waals surface area (Å²) >= 11 is 8.77. The maximum Gasteiger partial charge on any atom is 0.280 e. The second kappa shape index (κ2) is 10.4. The number of ketones is 1. The Morgan fingerprint density at radius 1 is 1.39 bits per heavy atom. The maximum absolute atomic E-state index is 11.9. The Hall–Kier alpha value is -2.33. The third-order valence-corrected chi connectivity index (χ3v) is 2.80. The number of para-hydroxylation sites is 1. The number of thiocarbonyl (C=S) groups is 2. The minimum Gasteiger partial charge on any atom is -0.487 e. The Balaban J connectivity index is 0.00000108. The first kappa shape index (κ1) is 20.7. The summed E-state index contributed by atoms with van der Waals surface area (Å²) in [6, 6.07) is 5.85. The van der Waals surface area contributed by atoms with E-state index in [2.05, 4.69) is 18.0 Å². The van der Waals surface area contributed by atoms with E-state index in [4.69, 9.17) is 22.1 Å². The van der Waals surface area contributed by atoms with Crippen LogP contribution in [-0.4, -0.2) is 51.8 Å². The van der Waals surface area contributed by atoms with Gasteiger partial charge in [0.25, 0.3) is 16.0 Å². The largest absolute Gasteiger partial charge is 0.487 e. The van der Waals surface area contributed by atoms with Crippen molar-refractivity contribution in [1.29, 1.82) is 0 Å². The summed E-state index contributed by atoms with van der Waals surface area (Å²) in [7, 11) is 3.46. The first-order valence-electron chi connectivity index (χ1n) is 6.26. The van der Waals surface area contributed by atoms with Gasteiger partial charge in [-0.3, -0.25) is 14.9 Å². The lowest BCUT2D eigenvalue weighted by Crippen LogP contribution is -2.23. The van der Waals surface area contributed by atoms with Gasteiger partial charge in [-0.05, 0) is 30.5 Å². The Labute approximate surface area is 144 Å². The highest BCUT2D eigenvalue weighted by molar-refractivity contribution is 7.80. The van der Waals surface area contributed by atoms with Crippen molar-refractivity contribution in [1.82, 2.24) is 4.90 Å². The number of ether oxygens (including phenoxy) is 1. The van der Waals surface area contributed by atoms with E-state index in [0.717, 1.165) is 0 Å². The number of aliphatic hydroxyl groups is 1. The van der Waals surface area contributed by atoms with Gasteiger partial charge in [0.05, 0.1) is 17.1 Å². The predicted octanol–water partition coefficient (Wildman–Crippen LogP) is 1.82. The molecule has 8 nitrogen and oxygen atoms in total. The molecule has 23 heavy (non-hydrogen) atoms. The molecule has 0 aliphatic heterocycles. The highest BCUT2D eigenvalue weighted by atomic mass is 32.1. The Morgan fingerprint density at radius 2 is 1.91 bits per heavy atom. The highest BCUT2D eigenvalue weighted by Crippen LogP contribution is 2.19. The van der Waals surface area contributed by atoms with Crippen molar-refractivity contribution in [3.63, 3.8) is 0 Å². The third kappa shape index (κ3) is 8.63. The van der Waals surface area contributed by atoms with Crippen molar-refractivity contribution < 1.29 is 19.6 Å². The van der Waals surface area contributed by atoms with Gasteiger partial charge in [-0.1, -0.05) is 12.1 Å². The van der Waals surface area contributed by atoms with Gasteiger partial charge in [-0.15, -0.1) is 0 Å². The van der Waals surface area contributed by atoms with Crippen LogP contribution in [0, 0.1) is 10.1 Å². The average Bonchev–Trinajstić information content (AvgIpc) is 2.46. The summed E-state index contributed by atoms with van der Waals surface area (Å²) in [5.74, 6) is -0.339. The lowest BCUT2D eigenvalue weighted by atomic mass is 10.1. The first-order valence-corrected chi connectivity index (χ1v) is 7.07. The maximum atomic E-state index is 11.9. The molecule has 0 radical (unpaired) electrons. The van der Waals surface area contributed by atoms with Gasteiger partial charge in [0.1, 0.15) is 0 Å². The number of nitrogens with zero attached hydrogens (tertiary/aromatic N) is 2. The SMILES string of the molecule is CN(C)C(=S)OCCC(=O)c1ccccc1[N+](=O)[O-].NC(O)=S. The minimum atomic E-state index is -0.571. The molecule has 1 aromatic carbocycles. The summed E-state index contributed by atoms with van der Waals surface area (Å²) < 4.78 is 5.16. The fourth-order valence-electron chi connectivity index (χ4n) is 1.36. The molecule has 0 aliphatic carbocycles. The molecule has 0 saturated heterocycles. The van der Waals surface area contributed by atoms with E-state index in [-0.39, 0.29) is 35.2 Å². The van der Waals surface area contributed by atoms with Crippen LogP contribution in [0.4, 0.5) is 5.69 Å². The quantitative estimate of drug-likeness (QED) is 0.351. The number of nitro benzene ring substituents is 1. The van der Waals surface area contributed by atoms with Gasteiger partial charge >= 0.3 is 0 Å². The van der Waals surface area contributed by atoms with Crippen molar-refractivity contribution in [2.24, 2.45) is 5.73 Å². The van der Waals surface area contributed by atoms with Crippen LogP contribution in [-0.2, 0) is 4.74 Å². The zero-order chi connectivity index (χ0) is 18.0. The van der Waals surface area contributed by atoms with E-state index in [9.17, 15) is 14.9 Å². The third-order valence-electron chi connectivity index (χ3n) is 2.32. The molecule has 0 bridgehead atoms. The van der Waals surface area contributed by atoms with Crippen molar-refractivity contribution in [3.8, 4) is 0 Å². The molecule has 0 fully saturated rings. The minimum absolute atomic E-state index is 0.0405. The molecule has 1 aromatic rings. The fourth-order valence-corrected chi connectivity index (χ4v) is 1.45. The highest BCUT2D eigenvalue weighted by Gasteiger charge is 2.18. The van der Waals surface area contributed by atoms with Gasteiger partial charge in [0, 0.05) is 26.6 Å². The number of benzene rings is 1. The number of nitrogens with two attached hydrogens (primary N) is 1. The zero-order valence-electron chi connectivity index (χ0n) is 12.6. The van der Waals surface area contributed by atoms with Crippen molar-refractivity contribution in [3.05, 3.63) is 39.9 Å². The molecule has 10 heteroatoms. The summed E-state index contributed by atoms with van der Waals surface area (Å²) in [4.78, 5) is 23.7. The van der Waals surface area contributed by atoms with Gasteiger partial charge in [0.2, 0.25) is 0 Å². The van der Waals surface area contributed by atoms with Crippen LogP contribution in [0.1, 0.15) is 16.8 Å². The van der Waals surface area contributed by atoms with E-state index >= 15 is 0 Å². The Morgan fingerprint density at radius 3 is 2.39 bits per heavy atom. The van der Waals surface area contributed by atoms with Crippen LogP contribution in [0.2, 0.25) is 0 Å². The number of carbonyl (C=O) groups is 1. The lowest BCUT2D eigenvalue weighted by Gasteiger charge is -2.13. The van der Waals surface area contributed by atoms with Crippen LogP contribution in [0.25, 0.3) is 0 Å². The molecule has 0 heterocycles. The van der Waals surface area contributed by atoms with E-state index in [1.807, 2.05) is 0 Å². The number of Topliss-reactive ketones (excluding diaryl/α,β-unsaturated/α-hetero) is 1. The molecule has 3 N–H and O–H groups in total. The molecule has 0 unspecified atom stereocenters. The van der Waals surface area contributed by atoms with Crippen LogP contribution in [0.3, 0.4) is 0 Å². The van der Waals surface area contributed by atoms with Crippen LogP contribution < -0.4 is 5.73 Å². The second-order valence-electron chi connectivity index (χ2n) is 4.29. The van der Waals surface area contributed by atoms with Crippen molar-refractivity contribution in [2.45, 2.75) is 6.42 Å². The average molecular weight is 359 g/mol. The molecule has 0 amide bonds. The molecular formula is C13H17N3O5S2. The second-order valence-corrected chi connectivity index (χ2v) is 5.06. The number of aliphatic hydroxyl groups excluding tert-OH is 1. The first-order chi connectivity index (χ1) is 10.7. The number of hydrogen-bond donors (Lipinski definition) is 2. The Bertz CT molecular complexity index is 589. The molecule has 0 aromatic heterocycles. The van der Waals surface area contributed by atoms with Crippen LogP contribution in [0.5, 0.6) is 0 Å². The van der Waals surface area contributed by atoms with E-state index in [0.29, 0.717) is 0 Å². The van der Waals surface area contributed by atoms with Gasteiger partial charge in [0.15, 0.2) is 5.78 Å². The molecule has 0 spiro atoms. The summed E-state index contributed by atoms with van der Waals surface area (Å²) in [5.41, 5.74) is 4.30. The fraction of sp³-hybridized carbons (Fsp3) is 0.308. The molecule has 0 atom stereocenters. The normalized spacial score (nSPS) is 9.13. The number of hydrogen-bond acceptors (Lipinski definition) is 6. The standard InChI is InChI=1S/C12H14N2O4S.CH3NOS/c1-13(2)12(19)18-8-7-11(15)9-5-3-4-6-10(9)14(16)17;2-1(3)4/h3-6H,7-8H2,1-2H3;(H3,2,3,4). The van der Waals surface area contributed by atoms with Gasteiger partial charge in [-0.25, -0.2) is 0 Å². The molecule has 1 rings (SSSR count). The van der Waals surface area contributed by atoms with Crippen LogP contribution in [0.15, 0.2) is 24.3 Å². The summed E-state index contributed by atoms with van der Waals surface area (Å²) in [6.07, 6.45) is 0.0405. The van der Waals surface area contributed by atoms with E-state index in [1.165, 1.54) is 18.2 Å². The molecular weight excluding hydrogens is 342 g/mol. The smallest absolute Gasteiger partial charge is 0.280 e. The number of carbonyl (C=O) groups excluding carboxylic acids is 1. The van der Waals surface area contributed by atoms with Crippen molar-refractivity contribution in [2.75, 3.05) is 20.7 Å². The summed E-state index contributed by atoms with van der Waals surface area (Å²) in [6.45, 7) is 0.0991. The molecule has 0 aliphatic rings. The lowest BCUT2D eigenvalue weighted by molar-refractivity contribution is -0.385. The molecule has 126 valence electrons.